The van der Waals surface area contributed by atoms with E-state index < -0.39 is 0 Å². The second kappa shape index (κ2) is 13.5. The van der Waals surface area contributed by atoms with E-state index in [1.807, 2.05) is 0 Å². The average Bonchev–Trinajstić information content (AvgIpc) is 3.71. The van der Waals surface area contributed by atoms with Crippen LogP contribution in [0.15, 0.2) is 133 Å². The summed E-state index contributed by atoms with van der Waals surface area (Å²) in [6, 6.07) is 51.6. The minimum Gasteiger partial charge on any atom is -0.286 e. The van der Waals surface area contributed by atoms with Crippen LogP contribution < -0.4 is 0 Å². The summed E-state index contributed by atoms with van der Waals surface area (Å²) in [6.45, 7) is 10.5. The van der Waals surface area contributed by atoms with Crippen molar-refractivity contribution in [1.29, 1.82) is 0 Å². The van der Waals surface area contributed by atoms with Crippen molar-refractivity contribution >= 4 is 0 Å². The van der Waals surface area contributed by atoms with E-state index in [0.29, 0.717) is 0 Å². The molecule has 3 aliphatic heterocycles. The molecule has 0 saturated carbocycles. The molecule has 0 radical (unpaired) electrons. The summed E-state index contributed by atoms with van der Waals surface area (Å²) < 4.78 is 0. The topological polar surface area (TPSA) is 13.0 Å². The Morgan fingerprint density at radius 1 is 0.333 bits per heavy atom. The molecule has 4 atom stereocenters. The van der Waals surface area contributed by atoms with Crippen molar-refractivity contribution in [2.24, 2.45) is 0 Å². The Labute approximate surface area is 320 Å². The number of hydrogen-bond acceptors (Lipinski definition) is 4. The lowest BCUT2D eigenvalue weighted by molar-refractivity contribution is 0.0716. The van der Waals surface area contributed by atoms with Gasteiger partial charge >= 0.3 is 0 Å². The fourth-order valence-corrected chi connectivity index (χ4v) is 10.7. The monoisotopic (exact) mass is 704 g/mol. The predicted molar refractivity (Wildman–Crippen MR) is 219 cm³/mol. The van der Waals surface area contributed by atoms with Gasteiger partial charge in [0.05, 0.1) is 13.3 Å². The molecule has 4 heteroatoms. The summed E-state index contributed by atoms with van der Waals surface area (Å²) in [5, 5.41) is 0. The molecular weight excluding hydrogens is 657 g/mol. The lowest BCUT2D eigenvalue weighted by atomic mass is 9.87. The second-order valence-corrected chi connectivity index (χ2v) is 16.6. The average molecular weight is 705 g/mol. The van der Waals surface area contributed by atoms with Gasteiger partial charge in [-0.05, 0) is 90.7 Å². The third-order valence-electron chi connectivity index (χ3n) is 12.8. The van der Waals surface area contributed by atoms with Gasteiger partial charge in [0.2, 0.25) is 0 Å². The van der Waals surface area contributed by atoms with Gasteiger partial charge in [0.25, 0.3) is 0 Å². The van der Waals surface area contributed by atoms with Crippen LogP contribution in [-0.4, -0.2) is 59.1 Å². The highest BCUT2D eigenvalue weighted by Gasteiger charge is 2.32. The van der Waals surface area contributed by atoms with Gasteiger partial charge < -0.3 is 0 Å². The van der Waals surface area contributed by atoms with Crippen molar-refractivity contribution in [2.45, 2.75) is 50.9 Å². The highest BCUT2D eigenvalue weighted by Crippen LogP contribution is 2.49. The maximum atomic E-state index is 2.70. The zero-order valence-corrected chi connectivity index (χ0v) is 31.1. The molecular formula is C50H48N4. The summed E-state index contributed by atoms with van der Waals surface area (Å²) in [4.78, 5) is 10.8. The van der Waals surface area contributed by atoms with Crippen LogP contribution in [0.25, 0.3) is 22.3 Å². The van der Waals surface area contributed by atoms with E-state index in [1.165, 1.54) is 90.7 Å². The fraction of sp³-hybridized carbons (Fsp3) is 0.280. The Hall–Kier alpha value is -4.84. The van der Waals surface area contributed by atoms with Crippen LogP contribution in [0.2, 0.25) is 0 Å². The molecule has 8 bridgehead atoms. The normalized spacial score (nSPS) is 23.3. The van der Waals surface area contributed by atoms with Gasteiger partial charge in [0.1, 0.15) is 0 Å². The lowest BCUT2D eigenvalue weighted by Crippen LogP contribution is -2.44. The van der Waals surface area contributed by atoms with E-state index in [2.05, 4.69) is 153 Å². The van der Waals surface area contributed by atoms with E-state index in [9.17, 15) is 0 Å². The smallest absolute Gasteiger partial charge is 0.0512 e. The van der Waals surface area contributed by atoms with Crippen molar-refractivity contribution in [1.82, 2.24) is 19.6 Å². The first-order valence-electron chi connectivity index (χ1n) is 20.2. The zero-order chi connectivity index (χ0) is 35.6. The van der Waals surface area contributed by atoms with E-state index in [1.54, 1.807) is 0 Å². The minimum absolute atomic E-state index is 0.274. The van der Waals surface area contributed by atoms with Crippen molar-refractivity contribution in [2.75, 3.05) is 39.5 Å². The molecule has 0 N–H and O–H groups in total. The van der Waals surface area contributed by atoms with Crippen molar-refractivity contribution in [3.05, 3.63) is 189 Å². The molecule has 4 unspecified atom stereocenters. The van der Waals surface area contributed by atoms with E-state index in [0.717, 1.165) is 65.7 Å². The van der Waals surface area contributed by atoms with Gasteiger partial charge in [-0.1, -0.05) is 133 Å². The van der Waals surface area contributed by atoms with Crippen molar-refractivity contribution in [3.63, 3.8) is 0 Å². The minimum atomic E-state index is 0.274. The predicted octanol–water partition coefficient (Wildman–Crippen LogP) is 9.65. The maximum absolute atomic E-state index is 2.70. The third-order valence-corrected chi connectivity index (χ3v) is 12.8. The second-order valence-electron chi connectivity index (χ2n) is 16.6. The Kier molecular flexibility index (Phi) is 8.13. The molecule has 268 valence electrons. The molecule has 3 heterocycles. The molecule has 0 aromatic heterocycles. The van der Waals surface area contributed by atoms with E-state index in [-0.39, 0.29) is 11.8 Å². The standard InChI is InChI=1S/C50H48N4/c1-5-15-45-41(11-1)42-12-2-6-16-46(42)49(45)39-25-35-23-36(26-39)30-52-20-10-22-54(34-52)32-38-24-37(31-53-21-9-19-51(29-35)33-53)27-40(28-38)50-47-17-7-3-13-43(47)44-14-4-8-18-48(44)50/h1-8,11-18,23-28,49-50H,9-10,19-22,29-34H2. The molecule has 6 aromatic carbocycles. The number of hydrogen-bond donors (Lipinski definition) is 0. The summed E-state index contributed by atoms with van der Waals surface area (Å²) in [5.41, 5.74) is 20.1. The van der Waals surface area contributed by atoms with Crippen LogP contribution in [0.1, 0.15) is 80.3 Å². The zero-order valence-electron chi connectivity index (χ0n) is 31.1. The van der Waals surface area contributed by atoms with Crippen molar-refractivity contribution in [3.8, 4) is 22.3 Å². The molecule has 6 aromatic rings. The fourth-order valence-electron chi connectivity index (χ4n) is 10.7. The van der Waals surface area contributed by atoms with E-state index >= 15 is 0 Å². The maximum Gasteiger partial charge on any atom is 0.0512 e. The van der Waals surface area contributed by atoms with Gasteiger partial charge in [-0.25, -0.2) is 0 Å². The first-order valence-corrected chi connectivity index (χ1v) is 20.2. The quantitative estimate of drug-likeness (QED) is 0.178. The molecule has 2 fully saturated rings. The molecule has 2 aliphatic carbocycles. The number of nitrogens with zero attached hydrogens (tertiary/aromatic N) is 4. The van der Waals surface area contributed by atoms with Gasteiger partial charge in [-0.2, -0.15) is 0 Å². The van der Waals surface area contributed by atoms with Crippen molar-refractivity contribution < 1.29 is 0 Å². The molecule has 5 aliphatic rings. The molecule has 11 rings (SSSR count). The van der Waals surface area contributed by atoms with Crippen LogP contribution in [0.4, 0.5) is 0 Å². The van der Waals surface area contributed by atoms with Crippen LogP contribution in [0.3, 0.4) is 0 Å². The first-order chi connectivity index (χ1) is 26.7. The number of fused-ring (bicyclic) bond motifs is 14. The molecule has 2 saturated heterocycles. The molecule has 0 spiro atoms. The van der Waals surface area contributed by atoms with Gasteiger partial charge in [-0.3, -0.25) is 19.6 Å². The van der Waals surface area contributed by atoms with Gasteiger partial charge in [-0.15, -0.1) is 0 Å². The largest absolute Gasteiger partial charge is 0.286 e. The number of rotatable bonds is 2. The summed E-state index contributed by atoms with van der Waals surface area (Å²) in [6.07, 6.45) is 2.40. The Morgan fingerprint density at radius 3 is 0.907 bits per heavy atom. The van der Waals surface area contributed by atoms with Crippen LogP contribution in [-0.2, 0) is 26.2 Å². The van der Waals surface area contributed by atoms with Crippen LogP contribution in [0.5, 0.6) is 0 Å². The molecule has 54 heavy (non-hydrogen) atoms. The Balaban J connectivity index is 0.966. The molecule has 0 amide bonds. The summed E-state index contributed by atoms with van der Waals surface area (Å²) in [7, 11) is 0. The van der Waals surface area contributed by atoms with Gasteiger partial charge in [0, 0.05) is 64.2 Å². The first kappa shape index (κ1) is 32.6. The SMILES string of the molecule is c1ccc2c(c1)-c1ccccc1C2c1cc2cc(c1)CN1CCCN(Cc3cc(cc(C4c5ccccc5-c5ccccc54)c3)CN3CCCN(C2)C3)C1. The van der Waals surface area contributed by atoms with Crippen LogP contribution in [0, 0.1) is 0 Å². The summed E-state index contributed by atoms with van der Waals surface area (Å²) >= 11 is 0. The lowest BCUT2D eigenvalue weighted by Gasteiger charge is -2.37. The van der Waals surface area contributed by atoms with Crippen LogP contribution >= 0.6 is 0 Å². The van der Waals surface area contributed by atoms with E-state index in [4.69, 9.17) is 0 Å². The van der Waals surface area contributed by atoms with Gasteiger partial charge in [0.15, 0.2) is 0 Å². The Bertz CT molecular complexity index is 2060. The highest BCUT2D eigenvalue weighted by molar-refractivity contribution is 5.81. The number of benzene rings is 6. The molecule has 4 nitrogen and oxygen atoms in total. The summed E-state index contributed by atoms with van der Waals surface area (Å²) in [5.74, 6) is 0.547. The Morgan fingerprint density at radius 2 is 0.611 bits per heavy atom. The third kappa shape index (κ3) is 5.84. The highest BCUT2D eigenvalue weighted by atomic mass is 15.3.